The molecule has 1 fully saturated rings. The lowest BCUT2D eigenvalue weighted by molar-refractivity contribution is 0.190. The van der Waals surface area contributed by atoms with Gasteiger partial charge in [0.1, 0.15) is 0 Å². The third-order valence-corrected chi connectivity index (χ3v) is 7.21. The van der Waals surface area contributed by atoms with Crippen molar-refractivity contribution in [2.24, 2.45) is 0 Å². The van der Waals surface area contributed by atoms with Crippen molar-refractivity contribution in [2.75, 3.05) is 16.8 Å². The normalized spacial score (nSPS) is 20.2. The van der Waals surface area contributed by atoms with E-state index in [1.165, 1.54) is 11.1 Å². The monoisotopic (exact) mass is 384 g/mol. The van der Waals surface area contributed by atoms with Crippen molar-refractivity contribution in [3.05, 3.63) is 65.2 Å². The molecule has 0 saturated carbocycles. The van der Waals surface area contributed by atoms with Gasteiger partial charge in [-0.25, -0.2) is 13.2 Å². The summed E-state index contributed by atoms with van der Waals surface area (Å²) in [6.45, 7) is 0.401. The highest BCUT2D eigenvalue weighted by molar-refractivity contribution is 7.91. The quantitative estimate of drug-likeness (QED) is 0.879. The fraction of sp³-hybridized carbons (Fsp3) is 0.381. The number of anilines is 1. The van der Waals surface area contributed by atoms with Crippen molar-refractivity contribution in [3.8, 4) is 0 Å². The number of hydrogen-bond donors (Lipinski definition) is 1. The van der Waals surface area contributed by atoms with Crippen molar-refractivity contribution in [3.63, 3.8) is 0 Å². The molecule has 6 heteroatoms. The maximum absolute atomic E-state index is 13.0. The van der Waals surface area contributed by atoms with Gasteiger partial charge in [-0.05, 0) is 54.5 Å². The number of aryl methyl sites for hydroxylation is 2. The van der Waals surface area contributed by atoms with Crippen LogP contribution in [0.25, 0.3) is 0 Å². The number of urea groups is 1. The molecule has 1 heterocycles. The van der Waals surface area contributed by atoms with E-state index in [4.69, 9.17) is 0 Å². The van der Waals surface area contributed by atoms with Crippen molar-refractivity contribution < 1.29 is 13.2 Å². The maximum atomic E-state index is 13.0. The Balaban J connectivity index is 1.54. The Hall–Kier alpha value is -2.34. The van der Waals surface area contributed by atoms with E-state index >= 15 is 0 Å². The van der Waals surface area contributed by atoms with Crippen molar-refractivity contribution in [1.82, 2.24) is 4.90 Å². The molecule has 27 heavy (non-hydrogen) atoms. The summed E-state index contributed by atoms with van der Waals surface area (Å²) in [5.41, 5.74) is 4.42. The summed E-state index contributed by atoms with van der Waals surface area (Å²) in [5.74, 6) is 0.187. The number of amides is 2. The van der Waals surface area contributed by atoms with E-state index in [0.717, 1.165) is 30.5 Å². The number of sulfone groups is 1. The number of nitrogens with one attached hydrogen (secondary N) is 1. The number of nitrogens with zero attached hydrogens (tertiary/aromatic N) is 1. The summed E-state index contributed by atoms with van der Waals surface area (Å²) in [5, 5.41) is 2.99. The van der Waals surface area contributed by atoms with E-state index in [9.17, 15) is 13.2 Å². The maximum Gasteiger partial charge on any atom is 0.322 e. The first-order valence-corrected chi connectivity index (χ1v) is 11.3. The Morgan fingerprint density at radius 1 is 1.07 bits per heavy atom. The fourth-order valence-electron chi connectivity index (χ4n) is 4.01. The van der Waals surface area contributed by atoms with Crippen LogP contribution in [-0.2, 0) is 29.2 Å². The van der Waals surface area contributed by atoms with Crippen molar-refractivity contribution in [2.45, 2.75) is 38.3 Å². The molecule has 0 bridgehead atoms. The summed E-state index contributed by atoms with van der Waals surface area (Å²) in [7, 11) is -3.07. The standard InChI is InChI=1S/C21H24N2O3S/c24-21(22-19-10-9-17-7-4-8-18(17)13-19)23(14-16-5-2-1-3-6-16)20-11-12-27(25,26)15-20/h1-3,5-6,9-10,13,20H,4,7-8,11-12,14-15H2,(H,22,24)/t20-/m0/s1. The molecular weight excluding hydrogens is 360 g/mol. The zero-order valence-corrected chi connectivity index (χ0v) is 16.0. The number of hydrogen-bond acceptors (Lipinski definition) is 3. The lowest BCUT2D eigenvalue weighted by Gasteiger charge is -2.28. The van der Waals surface area contributed by atoms with Crippen LogP contribution in [-0.4, -0.2) is 36.9 Å². The van der Waals surface area contributed by atoms with Gasteiger partial charge < -0.3 is 10.2 Å². The molecule has 5 nitrogen and oxygen atoms in total. The minimum atomic E-state index is -3.07. The van der Waals surface area contributed by atoms with Gasteiger partial charge in [0.05, 0.1) is 11.5 Å². The minimum Gasteiger partial charge on any atom is -0.316 e. The third-order valence-electron chi connectivity index (χ3n) is 5.46. The number of benzene rings is 2. The Morgan fingerprint density at radius 2 is 1.85 bits per heavy atom. The predicted octanol–water partition coefficient (Wildman–Crippen LogP) is 3.40. The van der Waals surface area contributed by atoms with Crippen molar-refractivity contribution >= 4 is 21.6 Å². The largest absolute Gasteiger partial charge is 0.322 e. The van der Waals surface area contributed by atoms with E-state index in [1.807, 2.05) is 42.5 Å². The van der Waals surface area contributed by atoms with Crippen LogP contribution in [0.3, 0.4) is 0 Å². The number of carbonyl (C=O) groups excluding carboxylic acids is 1. The molecular formula is C21H24N2O3S. The summed E-state index contributed by atoms with van der Waals surface area (Å²) in [6, 6.07) is 15.2. The molecule has 1 aliphatic heterocycles. The molecule has 1 aliphatic carbocycles. The van der Waals surface area contributed by atoms with Crippen LogP contribution in [0.2, 0.25) is 0 Å². The lowest BCUT2D eigenvalue weighted by atomic mass is 10.1. The van der Waals surface area contributed by atoms with Gasteiger partial charge in [-0.3, -0.25) is 0 Å². The van der Waals surface area contributed by atoms with Crippen LogP contribution in [0.4, 0.5) is 10.5 Å². The first-order valence-electron chi connectivity index (χ1n) is 9.44. The SMILES string of the molecule is O=C(Nc1ccc2c(c1)CCC2)N(Cc1ccccc1)[C@H]1CCS(=O)(=O)C1. The predicted molar refractivity (Wildman–Crippen MR) is 107 cm³/mol. The zero-order valence-electron chi connectivity index (χ0n) is 15.2. The van der Waals surface area contributed by atoms with Crippen LogP contribution in [0, 0.1) is 0 Å². The third kappa shape index (κ3) is 4.16. The van der Waals surface area contributed by atoms with Gasteiger partial charge in [0.15, 0.2) is 9.84 Å². The molecule has 2 amide bonds. The van der Waals surface area contributed by atoms with E-state index in [-0.39, 0.29) is 23.6 Å². The van der Waals surface area contributed by atoms with Gasteiger partial charge in [-0.1, -0.05) is 36.4 Å². The topological polar surface area (TPSA) is 66.5 Å². The summed E-state index contributed by atoms with van der Waals surface area (Å²) >= 11 is 0. The molecule has 1 saturated heterocycles. The van der Waals surface area contributed by atoms with Gasteiger partial charge in [0, 0.05) is 18.3 Å². The zero-order chi connectivity index (χ0) is 18.9. The highest BCUT2D eigenvalue weighted by Gasteiger charge is 2.34. The van der Waals surface area contributed by atoms with Gasteiger partial charge in [0.2, 0.25) is 0 Å². The molecule has 0 unspecified atom stereocenters. The Morgan fingerprint density at radius 3 is 2.59 bits per heavy atom. The van der Waals surface area contributed by atoms with Crippen LogP contribution in [0.15, 0.2) is 48.5 Å². The van der Waals surface area contributed by atoms with E-state index in [0.29, 0.717) is 13.0 Å². The Kier molecular flexibility index (Phi) is 4.91. The molecule has 0 aromatic heterocycles. The highest BCUT2D eigenvalue weighted by atomic mass is 32.2. The molecule has 4 rings (SSSR count). The number of rotatable bonds is 4. The molecule has 1 atom stereocenters. The van der Waals surface area contributed by atoms with E-state index in [2.05, 4.69) is 11.4 Å². The molecule has 1 N–H and O–H groups in total. The van der Waals surface area contributed by atoms with Crippen molar-refractivity contribution in [1.29, 1.82) is 0 Å². The highest BCUT2D eigenvalue weighted by Crippen LogP contribution is 2.26. The molecule has 142 valence electrons. The molecule has 2 aromatic carbocycles. The number of carbonyl (C=O) groups is 1. The Bertz CT molecular complexity index is 941. The van der Waals surface area contributed by atoms with Gasteiger partial charge in [0.25, 0.3) is 0 Å². The van der Waals surface area contributed by atoms with Crippen LogP contribution in [0.1, 0.15) is 29.5 Å². The van der Waals surface area contributed by atoms with Crippen LogP contribution < -0.4 is 5.32 Å². The second kappa shape index (κ2) is 7.35. The second-order valence-corrected chi connectivity index (χ2v) is 9.67. The van der Waals surface area contributed by atoms with Gasteiger partial charge in [-0.2, -0.15) is 0 Å². The molecule has 2 aliphatic rings. The average Bonchev–Trinajstić information content (AvgIpc) is 3.26. The summed E-state index contributed by atoms with van der Waals surface area (Å²) in [4.78, 5) is 14.7. The van der Waals surface area contributed by atoms with Gasteiger partial charge >= 0.3 is 6.03 Å². The molecule has 0 radical (unpaired) electrons. The summed E-state index contributed by atoms with van der Waals surface area (Å²) < 4.78 is 23.9. The van der Waals surface area contributed by atoms with E-state index < -0.39 is 9.84 Å². The average molecular weight is 385 g/mol. The fourth-order valence-corrected chi connectivity index (χ4v) is 5.74. The summed E-state index contributed by atoms with van der Waals surface area (Å²) in [6.07, 6.45) is 3.80. The smallest absolute Gasteiger partial charge is 0.316 e. The van der Waals surface area contributed by atoms with E-state index in [1.54, 1.807) is 4.90 Å². The van der Waals surface area contributed by atoms with Crippen LogP contribution >= 0.6 is 0 Å². The molecule has 0 spiro atoms. The lowest BCUT2D eigenvalue weighted by Crippen LogP contribution is -2.43. The minimum absolute atomic E-state index is 0.0391. The molecule has 2 aromatic rings. The van der Waals surface area contributed by atoms with Gasteiger partial charge in [-0.15, -0.1) is 0 Å². The second-order valence-electron chi connectivity index (χ2n) is 7.44. The van der Waals surface area contributed by atoms with Crippen LogP contribution in [0.5, 0.6) is 0 Å². The number of fused-ring (bicyclic) bond motifs is 1. The first-order chi connectivity index (χ1) is 13.0. The Labute approximate surface area is 160 Å². The first kappa shape index (κ1) is 18.0.